The Bertz CT molecular complexity index is 415. The summed E-state index contributed by atoms with van der Waals surface area (Å²) < 4.78 is 11.3. The fourth-order valence-corrected chi connectivity index (χ4v) is 2.77. The second-order valence-corrected chi connectivity index (χ2v) is 4.97. The summed E-state index contributed by atoms with van der Waals surface area (Å²) in [5.41, 5.74) is 1.12. The van der Waals surface area contributed by atoms with Crippen LogP contribution in [0.25, 0.3) is 0 Å². The number of carbonyl (C=O) groups excluding carboxylic acids is 1. The normalized spacial score (nSPS) is 31.3. The smallest absolute Gasteiger partial charge is 0.308 e. The molecule has 0 amide bonds. The van der Waals surface area contributed by atoms with Gasteiger partial charge in [-0.3, -0.25) is 4.79 Å². The van der Waals surface area contributed by atoms with Crippen molar-refractivity contribution in [3.63, 3.8) is 0 Å². The van der Waals surface area contributed by atoms with Gasteiger partial charge in [-0.05, 0) is 17.9 Å². The van der Waals surface area contributed by atoms with Gasteiger partial charge in [-0.25, -0.2) is 0 Å². The maximum atomic E-state index is 11.4. The number of hydrogen-bond donors (Lipinski definition) is 0. The van der Waals surface area contributed by atoms with Crippen LogP contribution in [0.2, 0.25) is 0 Å². The van der Waals surface area contributed by atoms with E-state index >= 15 is 0 Å². The van der Waals surface area contributed by atoms with Gasteiger partial charge in [0.2, 0.25) is 5.79 Å². The lowest BCUT2D eigenvalue weighted by molar-refractivity contribution is -0.243. The quantitative estimate of drug-likeness (QED) is 0.751. The molecule has 3 nitrogen and oxygen atoms in total. The molecule has 3 heteroatoms. The highest BCUT2D eigenvalue weighted by molar-refractivity contribution is 5.71. The molecule has 0 aromatic heterocycles. The Morgan fingerprint density at radius 1 is 1.35 bits per heavy atom. The average molecular weight is 232 g/mol. The molecule has 2 unspecified atom stereocenters. The first-order valence-corrected chi connectivity index (χ1v) is 6.15. The predicted molar refractivity (Wildman–Crippen MR) is 62.0 cm³/mol. The molecule has 0 radical (unpaired) electrons. The predicted octanol–water partition coefficient (Wildman–Crippen LogP) is 2.65. The van der Waals surface area contributed by atoms with Crippen molar-refractivity contribution < 1.29 is 14.3 Å². The average Bonchev–Trinajstić information content (AvgIpc) is 2.65. The molecule has 1 aliphatic heterocycles. The Kier molecular flexibility index (Phi) is 2.63. The SMILES string of the molecule is O=C1CC2CCC(OCc3ccccc3)(C2)O1. The lowest BCUT2D eigenvalue weighted by Gasteiger charge is -2.32. The van der Waals surface area contributed by atoms with Gasteiger partial charge in [0.1, 0.15) is 0 Å². The molecule has 1 saturated heterocycles. The third-order valence-corrected chi connectivity index (χ3v) is 3.63. The Morgan fingerprint density at radius 2 is 2.18 bits per heavy atom. The molecule has 90 valence electrons. The number of benzene rings is 1. The maximum Gasteiger partial charge on any atom is 0.308 e. The standard InChI is InChI=1S/C14H16O3/c15-13-8-12-6-7-14(9-12,17-13)16-10-11-4-2-1-3-5-11/h1-5,12H,6-10H2. The topological polar surface area (TPSA) is 35.5 Å². The summed E-state index contributed by atoms with van der Waals surface area (Å²) in [4.78, 5) is 11.4. The molecule has 2 aliphatic rings. The molecule has 0 N–H and O–H groups in total. The van der Waals surface area contributed by atoms with Gasteiger partial charge >= 0.3 is 5.97 Å². The molecular formula is C14H16O3. The van der Waals surface area contributed by atoms with Gasteiger partial charge in [0.15, 0.2) is 0 Å². The zero-order valence-electron chi connectivity index (χ0n) is 9.72. The van der Waals surface area contributed by atoms with Crippen LogP contribution < -0.4 is 0 Å². The van der Waals surface area contributed by atoms with Crippen molar-refractivity contribution >= 4 is 5.97 Å². The third kappa shape index (κ3) is 2.20. The first kappa shape index (κ1) is 10.8. The van der Waals surface area contributed by atoms with E-state index in [1.54, 1.807) is 0 Å². The van der Waals surface area contributed by atoms with Crippen molar-refractivity contribution in [2.75, 3.05) is 0 Å². The number of fused-ring (bicyclic) bond motifs is 2. The minimum absolute atomic E-state index is 0.105. The van der Waals surface area contributed by atoms with Crippen molar-refractivity contribution in [2.45, 2.75) is 38.1 Å². The fraction of sp³-hybridized carbons (Fsp3) is 0.500. The number of carbonyl (C=O) groups is 1. The Morgan fingerprint density at radius 3 is 3.00 bits per heavy atom. The lowest BCUT2D eigenvalue weighted by atomic mass is 10.0. The van der Waals surface area contributed by atoms with Crippen LogP contribution in [0.4, 0.5) is 0 Å². The van der Waals surface area contributed by atoms with Crippen LogP contribution in [0.5, 0.6) is 0 Å². The zero-order valence-corrected chi connectivity index (χ0v) is 9.72. The molecule has 2 fully saturated rings. The molecule has 2 bridgehead atoms. The van der Waals surface area contributed by atoms with E-state index in [9.17, 15) is 4.79 Å². The van der Waals surface area contributed by atoms with Gasteiger partial charge < -0.3 is 9.47 Å². The second-order valence-electron chi connectivity index (χ2n) is 4.97. The third-order valence-electron chi connectivity index (χ3n) is 3.63. The monoisotopic (exact) mass is 232 g/mol. The summed E-state index contributed by atoms with van der Waals surface area (Å²) in [6.07, 6.45) is 3.32. The van der Waals surface area contributed by atoms with Crippen LogP contribution >= 0.6 is 0 Å². The first-order valence-electron chi connectivity index (χ1n) is 6.15. The van der Waals surface area contributed by atoms with Crippen LogP contribution in [0.15, 0.2) is 30.3 Å². The van der Waals surface area contributed by atoms with E-state index in [0.717, 1.165) is 24.8 Å². The Labute approximate surface area is 101 Å². The number of rotatable bonds is 3. The number of ether oxygens (including phenoxy) is 2. The Hall–Kier alpha value is -1.35. The van der Waals surface area contributed by atoms with Crippen LogP contribution in [0, 0.1) is 5.92 Å². The van der Waals surface area contributed by atoms with Gasteiger partial charge in [-0.2, -0.15) is 0 Å². The van der Waals surface area contributed by atoms with Crippen LogP contribution in [0.3, 0.4) is 0 Å². The molecular weight excluding hydrogens is 216 g/mol. The van der Waals surface area contributed by atoms with Crippen molar-refractivity contribution in [1.82, 2.24) is 0 Å². The molecule has 1 heterocycles. The van der Waals surface area contributed by atoms with E-state index in [2.05, 4.69) is 0 Å². The van der Waals surface area contributed by atoms with Gasteiger partial charge in [0.05, 0.1) is 6.61 Å². The summed E-state index contributed by atoms with van der Waals surface area (Å²) in [5, 5.41) is 0. The van der Waals surface area contributed by atoms with E-state index in [-0.39, 0.29) is 5.97 Å². The maximum absolute atomic E-state index is 11.4. The van der Waals surface area contributed by atoms with E-state index in [0.29, 0.717) is 18.9 Å². The largest absolute Gasteiger partial charge is 0.433 e. The first-order chi connectivity index (χ1) is 8.26. The molecule has 1 aromatic carbocycles. The van der Waals surface area contributed by atoms with Crippen LogP contribution in [-0.4, -0.2) is 11.8 Å². The second kappa shape index (κ2) is 4.15. The van der Waals surface area contributed by atoms with E-state index in [1.807, 2.05) is 30.3 Å². The van der Waals surface area contributed by atoms with Crippen molar-refractivity contribution in [3.8, 4) is 0 Å². The number of hydrogen-bond acceptors (Lipinski definition) is 3. The molecule has 17 heavy (non-hydrogen) atoms. The van der Waals surface area contributed by atoms with Gasteiger partial charge in [-0.1, -0.05) is 30.3 Å². The van der Waals surface area contributed by atoms with Crippen LogP contribution in [0.1, 0.15) is 31.2 Å². The Balaban J connectivity index is 1.67. The molecule has 3 rings (SSSR count). The minimum atomic E-state index is -0.629. The highest BCUT2D eigenvalue weighted by Crippen LogP contribution is 2.44. The summed E-state index contributed by atoms with van der Waals surface area (Å²) >= 11 is 0. The molecule has 1 aliphatic carbocycles. The summed E-state index contributed by atoms with van der Waals surface area (Å²) in [6.45, 7) is 0.515. The summed E-state index contributed by atoms with van der Waals surface area (Å²) in [7, 11) is 0. The molecule has 0 spiro atoms. The summed E-state index contributed by atoms with van der Waals surface area (Å²) in [6, 6.07) is 10.00. The van der Waals surface area contributed by atoms with E-state index in [1.165, 1.54) is 0 Å². The number of esters is 1. The van der Waals surface area contributed by atoms with Gasteiger partial charge in [-0.15, -0.1) is 0 Å². The highest BCUT2D eigenvalue weighted by atomic mass is 16.7. The van der Waals surface area contributed by atoms with Gasteiger partial charge in [0.25, 0.3) is 0 Å². The van der Waals surface area contributed by atoms with E-state index < -0.39 is 5.79 Å². The molecule has 1 saturated carbocycles. The molecule has 1 aromatic rings. The van der Waals surface area contributed by atoms with Crippen LogP contribution in [-0.2, 0) is 20.9 Å². The van der Waals surface area contributed by atoms with Crippen molar-refractivity contribution in [2.24, 2.45) is 5.92 Å². The van der Waals surface area contributed by atoms with E-state index in [4.69, 9.17) is 9.47 Å². The zero-order chi connectivity index (χ0) is 11.7. The minimum Gasteiger partial charge on any atom is -0.433 e. The van der Waals surface area contributed by atoms with Crippen molar-refractivity contribution in [1.29, 1.82) is 0 Å². The highest BCUT2D eigenvalue weighted by Gasteiger charge is 2.48. The molecule has 2 atom stereocenters. The fourth-order valence-electron chi connectivity index (χ4n) is 2.77. The van der Waals surface area contributed by atoms with Crippen molar-refractivity contribution in [3.05, 3.63) is 35.9 Å². The van der Waals surface area contributed by atoms with Gasteiger partial charge in [0, 0.05) is 19.3 Å². The summed E-state index contributed by atoms with van der Waals surface area (Å²) in [5.74, 6) is -0.269. The lowest BCUT2D eigenvalue weighted by Crippen LogP contribution is -2.38.